The molecule has 0 aliphatic rings. The molecule has 3 heteroatoms. The van der Waals surface area contributed by atoms with Crippen LogP contribution in [0.5, 0.6) is 0 Å². The van der Waals surface area contributed by atoms with Crippen LogP contribution in [0.2, 0.25) is 0 Å². The van der Waals surface area contributed by atoms with Crippen LogP contribution in [0.25, 0.3) is 11.5 Å². The Bertz CT molecular complexity index is 452. The van der Waals surface area contributed by atoms with E-state index in [1.165, 1.54) is 0 Å². The van der Waals surface area contributed by atoms with Crippen LogP contribution in [-0.4, -0.2) is 11.3 Å². The van der Waals surface area contributed by atoms with Crippen LogP contribution in [-0.2, 0) is 0 Å². The Morgan fingerprint density at radius 1 is 1.36 bits per heavy atom. The van der Waals surface area contributed by atoms with Crippen molar-refractivity contribution in [2.45, 2.75) is 13.8 Å². The number of furan rings is 1. The van der Waals surface area contributed by atoms with Crippen molar-refractivity contribution >= 4 is 6.29 Å². The summed E-state index contributed by atoms with van der Waals surface area (Å²) in [7, 11) is 0. The third kappa shape index (κ3) is 1.18. The lowest BCUT2D eigenvalue weighted by Gasteiger charge is -1.94. The predicted molar refractivity (Wildman–Crippen MR) is 53.4 cm³/mol. The van der Waals surface area contributed by atoms with E-state index >= 15 is 0 Å². The van der Waals surface area contributed by atoms with Gasteiger partial charge in [0.15, 0.2) is 6.29 Å². The zero-order valence-electron chi connectivity index (χ0n) is 8.13. The SMILES string of the molecule is Cc1c(C=O)[nH]c(-c2ccco2)c1C. The van der Waals surface area contributed by atoms with E-state index in [9.17, 15) is 4.79 Å². The molecule has 0 spiro atoms. The first-order valence-corrected chi connectivity index (χ1v) is 4.42. The van der Waals surface area contributed by atoms with E-state index in [1.54, 1.807) is 6.26 Å². The molecule has 2 aromatic rings. The largest absolute Gasteiger partial charge is 0.463 e. The van der Waals surface area contributed by atoms with E-state index in [1.807, 2.05) is 26.0 Å². The number of hydrogen-bond donors (Lipinski definition) is 1. The molecule has 0 radical (unpaired) electrons. The molecule has 0 aromatic carbocycles. The number of aromatic amines is 1. The van der Waals surface area contributed by atoms with Crippen molar-refractivity contribution in [3.63, 3.8) is 0 Å². The number of aldehydes is 1. The highest BCUT2D eigenvalue weighted by atomic mass is 16.3. The van der Waals surface area contributed by atoms with Crippen molar-refractivity contribution in [3.8, 4) is 11.5 Å². The smallest absolute Gasteiger partial charge is 0.166 e. The third-order valence-electron chi connectivity index (χ3n) is 2.49. The van der Waals surface area contributed by atoms with Crippen molar-refractivity contribution in [2.75, 3.05) is 0 Å². The highest BCUT2D eigenvalue weighted by Gasteiger charge is 2.12. The van der Waals surface area contributed by atoms with Crippen LogP contribution >= 0.6 is 0 Å². The van der Waals surface area contributed by atoms with E-state index in [0.717, 1.165) is 28.9 Å². The molecule has 1 N–H and O–H groups in total. The minimum Gasteiger partial charge on any atom is -0.463 e. The number of H-pyrrole nitrogens is 1. The molecule has 72 valence electrons. The van der Waals surface area contributed by atoms with Crippen molar-refractivity contribution in [1.82, 2.24) is 4.98 Å². The molecular formula is C11H11NO2. The van der Waals surface area contributed by atoms with Gasteiger partial charge in [-0.25, -0.2) is 0 Å². The molecule has 2 aromatic heterocycles. The Morgan fingerprint density at radius 2 is 2.14 bits per heavy atom. The minimum atomic E-state index is 0.619. The van der Waals surface area contributed by atoms with Gasteiger partial charge in [0.2, 0.25) is 0 Å². The summed E-state index contributed by atoms with van der Waals surface area (Å²) in [6, 6.07) is 3.69. The summed E-state index contributed by atoms with van der Waals surface area (Å²) in [6.45, 7) is 3.89. The van der Waals surface area contributed by atoms with Gasteiger partial charge in [0.25, 0.3) is 0 Å². The van der Waals surface area contributed by atoms with Gasteiger partial charge < -0.3 is 9.40 Å². The van der Waals surface area contributed by atoms with Gasteiger partial charge in [-0.2, -0.15) is 0 Å². The fourth-order valence-corrected chi connectivity index (χ4v) is 1.50. The second-order valence-corrected chi connectivity index (χ2v) is 3.26. The zero-order chi connectivity index (χ0) is 10.1. The highest BCUT2D eigenvalue weighted by Crippen LogP contribution is 2.26. The van der Waals surface area contributed by atoms with Crippen LogP contribution in [0.3, 0.4) is 0 Å². The van der Waals surface area contributed by atoms with Gasteiger partial charge in [-0.1, -0.05) is 0 Å². The van der Waals surface area contributed by atoms with Gasteiger partial charge in [0.1, 0.15) is 5.76 Å². The Morgan fingerprint density at radius 3 is 2.64 bits per heavy atom. The molecule has 0 atom stereocenters. The number of rotatable bonds is 2. The molecule has 0 aliphatic carbocycles. The molecule has 0 saturated carbocycles. The number of nitrogens with one attached hydrogen (secondary N) is 1. The summed E-state index contributed by atoms with van der Waals surface area (Å²) in [6.07, 6.45) is 2.44. The average molecular weight is 189 g/mol. The maximum Gasteiger partial charge on any atom is 0.166 e. The molecular weight excluding hydrogens is 178 g/mol. The maximum atomic E-state index is 10.7. The van der Waals surface area contributed by atoms with Gasteiger partial charge in [0.05, 0.1) is 17.7 Å². The van der Waals surface area contributed by atoms with Crippen molar-refractivity contribution in [2.24, 2.45) is 0 Å². The molecule has 0 amide bonds. The fraction of sp³-hybridized carbons (Fsp3) is 0.182. The highest BCUT2D eigenvalue weighted by molar-refractivity contribution is 5.79. The molecule has 0 fully saturated rings. The van der Waals surface area contributed by atoms with E-state index in [2.05, 4.69) is 4.98 Å². The third-order valence-corrected chi connectivity index (χ3v) is 2.49. The van der Waals surface area contributed by atoms with Crippen LogP contribution < -0.4 is 0 Å². The number of aromatic nitrogens is 1. The van der Waals surface area contributed by atoms with E-state index < -0.39 is 0 Å². The van der Waals surface area contributed by atoms with Gasteiger partial charge >= 0.3 is 0 Å². The van der Waals surface area contributed by atoms with Crippen LogP contribution in [0.15, 0.2) is 22.8 Å². The first kappa shape index (κ1) is 8.81. The van der Waals surface area contributed by atoms with Crippen LogP contribution in [0.4, 0.5) is 0 Å². The van der Waals surface area contributed by atoms with Crippen molar-refractivity contribution in [3.05, 3.63) is 35.2 Å². The van der Waals surface area contributed by atoms with Crippen molar-refractivity contribution < 1.29 is 9.21 Å². The number of carbonyl (C=O) groups excluding carboxylic acids is 1. The Balaban J connectivity index is 2.60. The summed E-state index contributed by atoms with van der Waals surface area (Å²) in [5.74, 6) is 0.763. The summed E-state index contributed by atoms with van der Waals surface area (Å²) in [5.41, 5.74) is 3.54. The summed E-state index contributed by atoms with van der Waals surface area (Å²) >= 11 is 0. The first-order chi connectivity index (χ1) is 6.74. The molecule has 0 aliphatic heterocycles. The van der Waals surface area contributed by atoms with Gasteiger partial charge in [-0.05, 0) is 37.1 Å². The topological polar surface area (TPSA) is 46.0 Å². The number of hydrogen-bond acceptors (Lipinski definition) is 2. The molecule has 2 heterocycles. The van der Waals surface area contributed by atoms with Gasteiger partial charge in [0, 0.05) is 0 Å². The first-order valence-electron chi connectivity index (χ1n) is 4.42. The minimum absolute atomic E-state index is 0.619. The molecule has 3 nitrogen and oxygen atoms in total. The normalized spacial score (nSPS) is 10.4. The predicted octanol–water partition coefficient (Wildman–Crippen LogP) is 2.70. The second-order valence-electron chi connectivity index (χ2n) is 3.26. The standard InChI is InChI=1S/C11H11NO2/c1-7-8(2)11(12-9(7)6-13)10-4-3-5-14-10/h3-6,12H,1-2H3. The summed E-state index contributed by atoms with van der Waals surface area (Å²) in [4.78, 5) is 13.7. The summed E-state index contributed by atoms with van der Waals surface area (Å²) in [5, 5.41) is 0. The second kappa shape index (κ2) is 3.18. The molecule has 14 heavy (non-hydrogen) atoms. The summed E-state index contributed by atoms with van der Waals surface area (Å²) < 4.78 is 5.27. The fourth-order valence-electron chi connectivity index (χ4n) is 1.50. The molecule has 0 bridgehead atoms. The molecule has 0 saturated heterocycles. The maximum absolute atomic E-state index is 10.7. The van der Waals surface area contributed by atoms with Crippen molar-refractivity contribution in [1.29, 1.82) is 0 Å². The van der Waals surface area contributed by atoms with Crippen LogP contribution in [0, 0.1) is 13.8 Å². The Labute approximate surface area is 81.7 Å². The van der Waals surface area contributed by atoms with E-state index in [4.69, 9.17) is 4.42 Å². The lowest BCUT2D eigenvalue weighted by molar-refractivity contribution is 0.111. The molecule has 0 unspecified atom stereocenters. The average Bonchev–Trinajstić information content (AvgIpc) is 2.78. The Kier molecular flexibility index (Phi) is 2.00. The monoisotopic (exact) mass is 189 g/mol. The quantitative estimate of drug-likeness (QED) is 0.738. The van der Waals surface area contributed by atoms with Crippen LogP contribution in [0.1, 0.15) is 21.6 Å². The lowest BCUT2D eigenvalue weighted by atomic mass is 10.1. The zero-order valence-corrected chi connectivity index (χ0v) is 8.13. The van der Waals surface area contributed by atoms with Gasteiger partial charge in [-0.15, -0.1) is 0 Å². The van der Waals surface area contributed by atoms with E-state index in [0.29, 0.717) is 5.69 Å². The lowest BCUT2D eigenvalue weighted by Crippen LogP contribution is -1.81. The van der Waals surface area contributed by atoms with E-state index in [-0.39, 0.29) is 0 Å². The van der Waals surface area contributed by atoms with Gasteiger partial charge in [-0.3, -0.25) is 4.79 Å². The number of carbonyl (C=O) groups is 1. The Hall–Kier alpha value is -1.77. The molecule has 2 rings (SSSR count).